The molecule has 0 spiro atoms. The molecule has 1 aliphatic heterocycles. The lowest BCUT2D eigenvalue weighted by Gasteiger charge is -2.31. The number of fused-ring (bicyclic) bond motifs is 1. The van der Waals surface area contributed by atoms with Gasteiger partial charge in [0, 0.05) is 81.9 Å². The van der Waals surface area contributed by atoms with E-state index in [0.717, 1.165) is 41.0 Å². The lowest BCUT2D eigenvalue weighted by Crippen LogP contribution is -2.40. The molecule has 4 aromatic carbocycles. The zero-order valence-corrected chi connectivity index (χ0v) is 39.7. The molecule has 0 aliphatic carbocycles. The number of carboxylic acids is 2. The van der Waals surface area contributed by atoms with Crippen LogP contribution in [0.3, 0.4) is 0 Å². The van der Waals surface area contributed by atoms with Crippen molar-refractivity contribution in [2.75, 3.05) is 50.4 Å². The molecule has 3 amide bonds. The number of amides is 3. The fraction of sp³-hybridized carbons (Fsp3) is 0.360. The fourth-order valence-electron chi connectivity index (χ4n) is 7.41. The number of hydrogen-bond donors (Lipinski definition) is 8. The number of carboxylic acid groups (broad SMARTS) is 2. The number of nitrogens with zero attached hydrogens (tertiary/aromatic N) is 2. The molecule has 0 saturated carbocycles. The molecule has 2 heterocycles. The molecule has 0 unspecified atom stereocenters. The molecule has 1 aromatic heterocycles. The number of aromatic hydroxyl groups is 1. The number of aromatic nitrogens is 1. The van der Waals surface area contributed by atoms with Crippen LogP contribution in [0.25, 0.3) is 22.0 Å². The van der Waals surface area contributed by atoms with Crippen molar-refractivity contribution in [1.82, 2.24) is 20.1 Å². The number of phenolic OH excluding ortho intramolecular Hbond substituents is 1. The summed E-state index contributed by atoms with van der Waals surface area (Å²) in [5.74, 6) is -5.59. The van der Waals surface area contributed by atoms with Crippen molar-refractivity contribution < 1.29 is 75.5 Å². The van der Waals surface area contributed by atoms with Gasteiger partial charge in [-0.25, -0.2) is 14.4 Å². The number of carbonyl (C=O) groups excluding carboxylic acids is 3. The van der Waals surface area contributed by atoms with Gasteiger partial charge in [0.15, 0.2) is 0 Å². The van der Waals surface area contributed by atoms with Crippen LogP contribution in [-0.4, -0.2) is 123 Å². The third-order valence-corrected chi connectivity index (χ3v) is 11.3. The number of H-pyrrole nitrogens is 1. The fourth-order valence-corrected chi connectivity index (χ4v) is 7.41. The number of aliphatic carboxylic acids is 2. The van der Waals surface area contributed by atoms with Gasteiger partial charge in [-0.2, -0.15) is 26.3 Å². The number of ether oxygens (including phenoxy) is 1. The molecule has 8 N–H and O–H groups in total. The van der Waals surface area contributed by atoms with Gasteiger partial charge in [-0.3, -0.25) is 19.7 Å². The number of benzene rings is 4. The molecule has 1 aliphatic rings. The van der Waals surface area contributed by atoms with Crippen molar-refractivity contribution >= 4 is 52.1 Å². The average Bonchev–Trinajstić information content (AvgIpc) is 3.33. The third kappa shape index (κ3) is 19.2. The Balaban J connectivity index is 0.000000722. The van der Waals surface area contributed by atoms with E-state index >= 15 is 0 Å². The average molecular weight is 1030 g/mol. The predicted molar refractivity (Wildman–Crippen MR) is 258 cm³/mol. The number of phenols is 1. The summed E-state index contributed by atoms with van der Waals surface area (Å²) in [5.41, 5.74) is 5.84. The Morgan fingerprint density at radius 2 is 1.44 bits per heavy atom. The summed E-state index contributed by atoms with van der Waals surface area (Å²) in [6, 6.07) is 29.4. The number of para-hydroxylation sites is 1. The van der Waals surface area contributed by atoms with Crippen molar-refractivity contribution in [2.45, 2.75) is 76.6 Å². The largest absolute Gasteiger partial charge is 0.506 e. The van der Waals surface area contributed by atoms with Gasteiger partial charge in [-0.1, -0.05) is 66.7 Å². The molecule has 1 atom stereocenters. The Kier molecular flexibility index (Phi) is 21.8. The van der Waals surface area contributed by atoms with Gasteiger partial charge in [0.25, 0.3) is 0 Å². The van der Waals surface area contributed by atoms with Crippen LogP contribution in [-0.2, 0) is 30.5 Å². The summed E-state index contributed by atoms with van der Waals surface area (Å²) in [5, 5.41) is 45.0. The Labute approximate surface area is 414 Å². The van der Waals surface area contributed by atoms with E-state index in [1.165, 1.54) is 12.1 Å². The molecule has 1 saturated heterocycles. The maximum Gasteiger partial charge on any atom is 0.490 e. The standard InChI is InChI=1S/C46H54N6O7.2C2HF3O2/c1-31-28-32(29-47-30-41(54)36-16-19-40(53)45-37(36)17-20-43(56)50-45)15-18-38(31)48-42(55)14-8-9-24-51(2)44(57)23-27-52-25-21-34(22-26-52)59-46(58)49-39-13-7-6-12-35(39)33-10-4-3-5-11-33;2*3-2(4,5)1(6)7/h3-7,10-13,15-20,28,34,41,47,53-54H,8-9,14,21-27,29-30H2,1-2H3,(H,48,55)(H,49,58)(H,50,56);2*(H,6,7)/t41-;;/m0../s1. The summed E-state index contributed by atoms with van der Waals surface area (Å²) in [6.07, 6.45) is -8.15. The molecule has 0 bridgehead atoms. The van der Waals surface area contributed by atoms with Crippen molar-refractivity contribution in [3.8, 4) is 16.9 Å². The minimum Gasteiger partial charge on any atom is -0.506 e. The zero-order chi connectivity index (χ0) is 53.9. The lowest BCUT2D eigenvalue weighted by molar-refractivity contribution is -0.193. The van der Waals surface area contributed by atoms with Gasteiger partial charge in [0.2, 0.25) is 17.4 Å². The van der Waals surface area contributed by atoms with Crippen molar-refractivity contribution in [2.24, 2.45) is 0 Å². The Bertz CT molecular complexity index is 2690. The van der Waals surface area contributed by atoms with Crippen LogP contribution in [0.4, 0.5) is 42.5 Å². The number of aliphatic hydroxyl groups excluding tert-OH is 1. The summed E-state index contributed by atoms with van der Waals surface area (Å²) in [4.78, 5) is 74.5. The second-order valence-electron chi connectivity index (χ2n) is 16.7. The van der Waals surface area contributed by atoms with Crippen LogP contribution in [0.2, 0.25) is 0 Å². The SMILES string of the molecule is Cc1cc(CNC[C@H](O)c2ccc(O)c3[nH]c(=O)ccc23)ccc1NC(=O)CCCCN(C)C(=O)CCN1CCC(OC(=O)Nc2ccccc2-c2ccccc2)CC1.O=C(O)C(F)(F)F.O=C(O)C(F)(F)F. The van der Waals surface area contributed by atoms with E-state index in [0.29, 0.717) is 80.3 Å². The van der Waals surface area contributed by atoms with Gasteiger partial charge in [0.1, 0.15) is 11.9 Å². The van der Waals surface area contributed by atoms with Crippen LogP contribution in [0.5, 0.6) is 5.75 Å². The number of aryl methyl sites for hydroxylation is 1. The van der Waals surface area contributed by atoms with Crippen LogP contribution in [0.1, 0.15) is 61.3 Å². The molecule has 23 heteroatoms. The van der Waals surface area contributed by atoms with E-state index < -0.39 is 36.5 Å². The first-order valence-electron chi connectivity index (χ1n) is 22.7. The molecule has 17 nitrogen and oxygen atoms in total. The van der Waals surface area contributed by atoms with Crippen molar-refractivity contribution in [1.29, 1.82) is 0 Å². The van der Waals surface area contributed by atoms with Crippen LogP contribution < -0.4 is 21.5 Å². The number of alkyl halides is 6. The number of halogens is 6. The van der Waals surface area contributed by atoms with Crippen molar-refractivity contribution in [3.05, 3.63) is 124 Å². The van der Waals surface area contributed by atoms with E-state index in [1.54, 1.807) is 24.1 Å². The molecule has 5 aromatic rings. The third-order valence-electron chi connectivity index (χ3n) is 11.3. The topological polar surface area (TPSA) is 251 Å². The van der Waals surface area contributed by atoms with E-state index in [-0.39, 0.29) is 35.8 Å². The summed E-state index contributed by atoms with van der Waals surface area (Å²) in [7, 11) is 1.80. The number of anilines is 2. The summed E-state index contributed by atoms with van der Waals surface area (Å²) in [6.45, 7) is 5.39. The maximum atomic E-state index is 12.9. The number of aromatic amines is 1. The van der Waals surface area contributed by atoms with Gasteiger partial charge >= 0.3 is 30.4 Å². The molecule has 73 heavy (non-hydrogen) atoms. The van der Waals surface area contributed by atoms with Crippen LogP contribution in [0.15, 0.2) is 102 Å². The highest BCUT2D eigenvalue weighted by molar-refractivity contribution is 5.92. The second-order valence-corrected chi connectivity index (χ2v) is 16.7. The Morgan fingerprint density at radius 3 is 2.07 bits per heavy atom. The molecule has 6 rings (SSSR count). The number of unbranched alkanes of at least 4 members (excludes halogenated alkanes) is 1. The number of likely N-dealkylation sites (tertiary alicyclic amines) is 1. The molecule has 0 radical (unpaired) electrons. The molecular weight excluding hydrogens is 975 g/mol. The number of hydrogen-bond acceptors (Lipinski definition) is 11. The van der Waals surface area contributed by atoms with Gasteiger partial charge in [0.05, 0.1) is 17.3 Å². The van der Waals surface area contributed by atoms with E-state index in [9.17, 15) is 55.7 Å². The monoisotopic (exact) mass is 1030 g/mol. The number of piperidine rings is 1. The second kappa shape index (κ2) is 27.4. The number of carbonyl (C=O) groups is 5. The lowest BCUT2D eigenvalue weighted by atomic mass is 10.0. The highest BCUT2D eigenvalue weighted by atomic mass is 19.4. The minimum absolute atomic E-state index is 0.0566. The van der Waals surface area contributed by atoms with Crippen LogP contribution in [0, 0.1) is 6.92 Å². The first-order valence-corrected chi connectivity index (χ1v) is 22.7. The van der Waals surface area contributed by atoms with Gasteiger partial charge < -0.3 is 50.6 Å². The van der Waals surface area contributed by atoms with Crippen molar-refractivity contribution in [3.63, 3.8) is 0 Å². The van der Waals surface area contributed by atoms with Crippen LogP contribution >= 0.6 is 0 Å². The Morgan fingerprint density at radius 1 is 0.808 bits per heavy atom. The molecule has 1 fully saturated rings. The number of nitrogens with one attached hydrogen (secondary N) is 4. The first kappa shape index (κ1) is 58.1. The normalized spacial score (nSPS) is 13.3. The highest BCUT2D eigenvalue weighted by Crippen LogP contribution is 2.30. The number of aliphatic hydroxyl groups is 1. The van der Waals surface area contributed by atoms with E-state index in [1.807, 2.05) is 79.7 Å². The quantitative estimate of drug-likeness (QED) is 0.0326. The van der Waals surface area contributed by atoms with Gasteiger partial charge in [-0.05, 0) is 79.1 Å². The van der Waals surface area contributed by atoms with E-state index in [4.69, 9.17) is 24.5 Å². The smallest absolute Gasteiger partial charge is 0.490 e. The first-order chi connectivity index (χ1) is 34.4. The summed E-state index contributed by atoms with van der Waals surface area (Å²) >= 11 is 0. The Hall–Kier alpha value is -7.50. The number of rotatable bonds is 17. The molecule has 394 valence electrons. The minimum atomic E-state index is -5.08. The summed E-state index contributed by atoms with van der Waals surface area (Å²) < 4.78 is 69.2. The maximum absolute atomic E-state index is 12.9. The van der Waals surface area contributed by atoms with Gasteiger partial charge in [-0.15, -0.1) is 0 Å². The number of pyridine rings is 1. The van der Waals surface area contributed by atoms with E-state index in [2.05, 4.69) is 25.8 Å². The predicted octanol–water partition coefficient (Wildman–Crippen LogP) is 7.97. The highest BCUT2D eigenvalue weighted by Gasteiger charge is 2.39. The molecular formula is C50H56F6N6O11. The zero-order valence-electron chi connectivity index (χ0n) is 39.7.